The molecule has 4 heteroatoms. The first-order valence-electron chi connectivity index (χ1n) is 5.37. The molecule has 0 aliphatic heterocycles. The standard InChI is InChI=1S/C14H11ClN2O/c15-13-3-1-11(2-4-13)9-14(17-10-18)12-5-7-16-8-6-12/h1-10H,(H,17,18)/b14-9+. The second kappa shape index (κ2) is 5.98. The van der Waals surface area contributed by atoms with Gasteiger partial charge in [-0.05, 0) is 35.9 Å². The summed E-state index contributed by atoms with van der Waals surface area (Å²) < 4.78 is 0. The van der Waals surface area contributed by atoms with Crippen LogP contribution >= 0.6 is 11.6 Å². The Hall–Kier alpha value is -2.13. The van der Waals surface area contributed by atoms with Crippen LogP contribution in [0.4, 0.5) is 0 Å². The van der Waals surface area contributed by atoms with Crippen molar-refractivity contribution in [2.24, 2.45) is 0 Å². The van der Waals surface area contributed by atoms with Crippen LogP contribution in [0.5, 0.6) is 0 Å². The summed E-state index contributed by atoms with van der Waals surface area (Å²) in [6.45, 7) is 0. The zero-order chi connectivity index (χ0) is 12.8. The van der Waals surface area contributed by atoms with E-state index in [2.05, 4.69) is 10.3 Å². The molecule has 0 fully saturated rings. The van der Waals surface area contributed by atoms with Crippen molar-refractivity contribution in [3.63, 3.8) is 0 Å². The Balaban J connectivity index is 2.35. The third-order valence-corrected chi connectivity index (χ3v) is 2.64. The van der Waals surface area contributed by atoms with E-state index in [9.17, 15) is 4.79 Å². The third-order valence-electron chi connectivity index (χ3n) is 2.39. The first-order valence-corrected chi connectivity index (χ1v) is 5.75. The largest absolute Gasteiger partial charge is 0.328 e. The minimum atomic E-state index is 0.655. The Labute approximate surface area is 110 Å². The fourth-order valence-electron chi connectivity index (χ4n) is 1.53. The topological polar surface area (TPSA) is 42.0 Å². The highest BCUT2D eigenvalue weighted by Gasteiger charge is 2.00. The number of hydrogen-bond acceptors (Lipinski definition) is 2. The highest BCUT2D eigenvalue weighted by molar-refractivity contribution is 6.30. The molecule has 0 spiro atoms. The van der Waals surface area contributed by atoms with E-state index in [1.54, 1.807) is 24.5 Å². The molecule has 90 valence electrons. The molecule has 0 aliphatic rings. The van der Waals surface area contributed by atoms with Gasteiger partial charge in [0.2, 0.25) is 6.41 Å². The van der Waals surface area contributed by atoms with E-state index in [1.807, 2.05) is 30.3 Å². The van der Waals surface area contributed by atoms with Gasteiger partial charge in [-0.2, -0.15) is 0 Å². The Morgan fingerprint density at radius 3 is 2.39 bits per heavy atom. The van der Waals surface area contributed by atoms with Crippen LogP contribution in [0.1, 0.15) is 11.1 Å². The molecule has 0 atom stereocenters. The average molecular weight is 259 g/mol. The lowest BCUT2D eigenvalue weighted by atomic mass is 10.1. The minimum Gasteiger partial charge on any atom is -0.328 e. The molecule has 0 radical (unpaired) electrons. The SMILES string of the molecule is O=CN/C(=C/c1ccc(Cl)cc1)c1ccncc1. The number of halogens is 1. The molecule has 0 saturated carbocycles. The molecule has 2 rings (SSSR count). The fourth-order valence-corrected chi connectivity index (χ4v) is 1.65. The van der Waals surface area contributed by atoms with Crippen molar-refractivity contribution < 1.29 is 4.79 Å². The van der Waals surface area contributed by atoms with Crippen LogP contribution in [0.15, 0.2) is 48.8 Å². The van der Waals surface area contributed by atoms with Gasteiger partial charge in [-0.3, -0.25) is 9.78 Å². The summed E-state index contributed by atoms with van der Waals surface area (Å²) in [5.74, 6) is 0. The summed E-state index contributed by atoms with van der Waals surface area (Å²) >= 11 is 5.83. The Kier molecular flexibility index (Phi) is 4.10. The van der Waals surface area contributed by atoms with Gasteiger partial charge < -0.3 is 5.32 Å². The fraction of sp³-hybridized carbons (Fsp3) is 0. The van der Waals surface area contributed by atoms with Crippen molar-refractivity contribution in [1.29, 1.82) is 0 Å². The van der Waals surface area contributed by atoms with Crippen LogP contribution in [0, 0.1) is 0 Å². The number of hydrogen-bond donors (Lipinski definition) is 1. The number of pyridine rings is 1. The summed E-state index contributed by atoms with van der Waals surface area (Å²) in [7, 11) is 0. The van der Waals surface area contributed by atoms with E-state index in [4.69, 9.17) is 11.6 Å². The molecule has 0 aliphatic carbocycles. The molecule has 1 aromatic heterocycles. The molecule has 1 aromatic carbocycles. The van der Waals surface area contributed by atoms with Gasteiger partial charge >= 0.3 is 0 Å². The van der Waals surface area contributed by atoms with Crippen LogP contribution < -0.4 is 5.32 Å². The van der Waals surface area contributed by atoms with E-state index in [0.29, 0.717) is 11.4 Å². The number of amides is 1. The van der Waals surface area contributed by atoms with E-state index in [-0.39, 0.29) is 0 Å². The molecular weight excluding hydrogens is 248 g/mol. The predicted molar refractivity (Wildman–Crippen MR) is 72.8 cm³/mol. The molecule has 0 unspecified atom stereocenters. The van der Waals surface area contributed by atoms with Crippen molar-refractivity contribution in [2.75, 3.05) is 0 Å². The second-order valence-electron chi connectivity index (χ2n) is 3.61. The minimum absolute atomic E-state index is 0.655. The number of rotatable bonds is 4. The van der Waals surface area contributed by atoms with Gasteiger partial charge in [0.05, 0.1) is 0 Å². The van der Waals surface area contributed by atoms with Crippen molar-refractivity contribution >= 4 is 29.8 Å². The number of aromatic nitrogens is 1. The van der Waals surface area contributed by atoms with E-state index < -0.39 is 0 Å². The molecule has 1 amide bonds. The van der Waals surface area contributed by atoms with Crippen molar-refractivity contribution in [3.05, 3.63) is 64.9 Å². The molecule has 0 saturated heterocycles. The summed E-state index contributed by atoms with van der Waals surface area (Å²) in [6.07, 6.45) is 5.89. The molecule has 1 heterocycles. The zero-order valence-electron chi connectivity index (χ0n) is 9.51. The summed E-state index contributed by atoms with van der Waals surface area (Å²) in [4.78, 5) is 14.6. The number of carbonyl (C=O) groups excluding carboxylic acids is 1. The number of nitrogens with one attached hydrogen (secondary N) is 1. The van der Waals surface area contributed by atoms with Gasteiger partial charge in [0.25, 0.3) is 0 Å². The highest BCUT2D eigenvalue weighted by Crippen LogP contribution is 2.16. The van der Waals surface area contributed by atoms with Gasteiger partial charge in [-0.15, -0.1) is 0 Å². The van der Waals surface area contributed by atoms with Gasteiger partial charge in [0, 0.05) is 28.7 Å². The lowest BCUT2D eigenvalue weighted by molar-refractivity contribution is -0.108. The van der Waals surface area contributed by atoms with Crippen LogP contribution in [-0.4, -0.2) is 11.4 Å². The van der Waals surface area contributed by atoms with Crippen molar-refractivity contribution in [3.8, 4) is 0 Å². The number of carbonyl (C=O) groups is 1. The highest BCUT2D eigenvalue weighted by atomic mass is 35.5. The van der Waals surface area contributed by atoms with E-state index >= 15 is 0 Å². The summed E-state index contributed by atoms with van der Waals surface area (Å²) in [6, 6.07) is 11.0. The van der Waals surface area contributed by atoms with Gasteiger partial charge in [-0.1, -0.05) is 23.7 Å². The van der Waals surface area contributed by atoms with Crippen LogP contribution in [0.2, 0.25) is 5.02 Å². The normalized spacial score (nSPS) is 11.1. The van der Waals surface area contributed by atoms with Gasteiger partial charge in [-0.25, -0.2) is 0 Å². The predicted octanol–water partition coefficient (Wildman–Crippen LogP) is 2.98. The van der Waals surface area contributed by atoms with Crippen LogP contribution in [0.25, 0.3) is 11.8 Å². The van der Waals surface area contributed by atoms with E-state index in [0.717, 1.165) is 16.8 Å². The molecule has 2 aromatic rings. The van der Waals surface area contributed by atoms with Crippen LogP contribution in [-0.2, 0) is 4.79 Å². The Morgan fingerprint density at radius 2 is 1.78 bits per heavy atom. The van der Waals surface area contributed by atoms with Crippen molar-refractivity contribution in [2.45, 2.75) is 0 Å². The smallest absolute Gasteiger partial charge is 0.211 e. The number of nitrogens with zero attached hydrogens (tertiary/aromatic N) is 1. The lowest BCUT2D eigenvalue weighted by Crippen LogP contribution is -2.08. The van der Waals surface area contributed by atoms with Crippen molar-refractivity contribution in [1.82, 2.24) is 10.3 Å². The number of benzene rings is 1. The summed E-state index contributed by atoms with van der Waals surface area (Å²) in [5, 5.41) is 3.36. The molecule has 0 bridgehead atoms. The molecule has 1 N–H and O–H groups in total. The van der Waals surface area contributed by atoms with Gasteiger partial charge in [0.1, 0.15) is 0 Å². The molecular formula is C14H11ClN2O. The van der Waals surface area contributed by atoms with E-state index in [1.165, 1.54) is 0 Å². The first kappa shape index (κ1) is 12.3. The van der Waals surface area contributed by atoms with Crippen LogP contribution in [0.3, 0.4) is 0 Å². The first-order chi connectivity index (χ1) is 8.79. The maximum Gasteiger partial charge on any atom is 0.211 e. The lowest BCUT2D eigenvalue weighted by Gasteiger charge is -2.06. The molecule has 3 nitrogen and oxygen atoms in total. The maximum atomic E-state index is 10.6. The molecule has 18 heavy (non-hydrogen) atoms. The second-order valence-corrected chi connectivity index (χ2v) is 4.04. The Morgan fingerprint density at radius 1 is 1.11 bits per heavy atom. The summed E-state index contributed by atoms with van der Waals surface area (Å²) in [5.41, 5.74) is 2.57. The average Bonchev–Trinajstić information content (AvgIpc) is 2.42. The third kappa shape index (κ3) is 3.18. The maximum absolute atomic E-state index is 10.6. The van der Waals surface area contributed by atoms with Gasteiger partial charge in [0.15, 0.2) is 0 Å². The Bertz CT molecular complexity index is 550. The monoisotopic (exact) mass is 258 g/mol. The zero-order valence-corrected chi connectivity index (χ0v) is 10.3. The quantitative estimate of drug-likeness (QED) is 0.857.